The van der Waals surface area contributed by atoms with Crippen LogP contribution >= 0.6 is 0 Å². The van der Waals surface area contributed by atoms with E-state index in [1.54, 1.807) is 14.2 Å². The van der Waals surface area contributed by atoms with Crippen molar-refractivity contribution in [1.29, 1.82) is 0 Å². The average Bonchev–Trinajstić information content (AvgIpc) is 2.54. The molecule has 4 nitrogen and oxygen atoms in total. The third kappa shape index (κ3) is 2.44. The molecule has 0 spiro atoms. The molecule has 2 aromatic rings. The van der Waals surface area contributed by atoms with E-state index in [1.807, 2.05) is 42.5 Å². The Hall–Kier alpha value is -2.49. The van der Waals surface area contributed by atoms with E-state index in [4.69, 9.17) is 14.2 Å². The Labute approximate surface area is 123 Å². The Kier molecular flexibility index (Phi) is 3.52. The summed E-state index contributed by atoms with van der Waals surface area (Å²) in [6.45, 7) is 0.0802. The van der Waals surface area contributed by atoms with Crippen LogP contribution in [-0.4, -0.2) is 26.6 Å². The molecule has 0 saturated carbocycles. The van der Waals surface area contributed by atoms with Crippen molar-refractivity contribution in [2.24, 2.45) is 0 Å². The number of hydrogen-bond acceptors (Lipinski definition) is 4. The third-order valence-electron chi connectivity index (χ3n) is 3.67. The summed E-state index contributed by atoms with van der Waals surface area (Å²) in [7, 11) is 3.23. The van der Waals surface area contributed by atoms with E-state index in [1.165, 1.54) is 0 Å². The lowest BCUT2D eigenvalue weighted by atomic mass is 9.86. The number of ketones is 1. The Balaban J connectivity index is 2.03. The van der Waals surface area contributed by atoms with Crippen molar-refractivity contribution in [3.8, 4) is 17.2 Å². The molecule has 108 valence electrons. The van der Waals surface area contributed by atoms with E-state index in [2.05, 4.69) is 0 Å². The fraction of sp³-hybridized carbons (Fsp3) is 0.235. The summed E-state index contributed by atoms with van der Waals surface area (Å²) in [6.07, 6.45) is 0. The van der Waals surface area contributed by atoms with Crippen LogP contribution in [0.1, 0.15) is 17.0 Å². The first-order valence-corrected chi connectivity index (χ1v) is 6.70. The van der Waals surface area contributed by atoms with Gasteiger partial charge in [-0.2, -0.15) is 0 Å². The number of methoxy groups -OCH3 is 2. The van der Waals surface area contributed by atoms with Crippen molar-refractivity contribution in [3.63, 3.8) is 0 Å². The van der Waals surface area contributed by atoms with Crippen LogP contribution in [0.15, 0.2) is 42.5 Å². The maximum Gasteiger partial charge on any atom is 0.182 e. The molecule has 2 aromatic carbocycles. The molecule has 3 rings (SSSR count). The summed E-state index contributed by atoms with van der Waals surface area (Å²) in [6, 6.07) is 13.1. The van der Waals surface area contributed by atoms with Crippen LogP contribution in [-0.2, 0) is 4.79 Å². The fourth-order valence-corrected chi connectivity index (χ4v) is 2.57. The molecule has 4 heteroatoms. The molecule has 0 amide bonds. The number of Topliss-reactive ketones (excluding diaryl/α,β-unsaturated/α-hetero) is 1. The Morgan fingerprint density at radius 3 is 2.33 bits per heavy atom. The molecule has 0 radical (unpaired) electrons. The highest BCUT2D eigenvalue weighted by Gasteiger charge is 2.30. The zero-order valence-electron chi connectivity index (χ0n) is 12.0. The molecule has 0 N–H and O–H groups in total. The predicted octanol–water partition coefficient (Wildman–Crippen LogP) is 2.80. The maximum absolute atomic E-state index is 12.3. The lowest BCUT2D eigenvalue weighted by Crippen LogP contribution is -2.26. The van der Waals surface area contributed by atoms with Crippen molar-refractivity contribution in [2.45, 2.75) is 5.92 Å². The van der Waals surface area contributed by atoms with Crippen LogP contribution in [0, 0.1) is 0 Å². The number of carbonyl (C=O) groups is 1. The second kappa shape index (κ2) is 5.48. The van der Waals surface area contributed by atoms with Gasteiger partial charge in [0.05, 0.1) is 20.1 Å². The summed E-state index contributed by atoms with van der Waals surface area (Å²) >= 11 is 0. The first kappa shape index (κ1) is 13.5. The number of rotatable bonds is 3. The minimum absolute atomic E-state index is 0.0535. The Morgan fingerprint density at radius 2 is 1.67 bits per heavy atom. The van der Waals surface area contributed by atoms with Crippen molar-refractivity contribution in [1.82, 2.24) is 0 Å². The highest BCUT2D eigenvalue weighted by molar-refractivity contribution is 5.92. The molecule has 0 fully saturated rings. The van der Waals surface area contributed by atoms with E-state index in [0.29, 0.717) is 5.75 Å². The number of benzene rings is 2. The largest absolute Gasteiger partial charge is 0.497 e. The van der Waals surface area contributed by atoms with Gasteiger partial charge in [0, 0.05) is 11.6 Å². The van der Waals surface area contributed by atoms with Crippen LogP contribution in [0.2, 0.25) is 0 Å². The molecule has 0 aromatic heterocycles. The van der Waals surface area contributed by atoms with Crippen LogP contribution in [0.25, 0.3) is 0 Å². The lowest BCUT2D eigenvalue weighted by Gasteiger charge is -2.25. The van der Waals surface area contributed by atoms with Gasteiger partial charge in [0.25, 0.3) is 0 Å². The van der Waals surface area contributed by atoms with E-state index >= 15 is 0 Å². The highest BCUT2D eigenvalue weighted by Crippen LogP contribution is 2.38. The van der Waals surface area contributed by atoms with Gasteiger partial charge in [0.15, 0.2) is 5.78 Å². The molecule has 0 bridgehead atoms. The van der Waals surface area contributed by atoms with Gasteiger partial charge in [-0.3, -0.25) is 4.79 Å². The molecule has 1 aliphatic rings. The topological polar surface area (TPSA) is 44.8 Å². The number of carbonyl (C=O) groups excluding carboxylic acids is 1. The minimum atomic E-state index is -0.300. The summed E-state index contributed by atoms with van der Waals surface area (Å²) in [5.41, 5.74) is 1.81. The lowest BCUT2D eigenvalue weighted by molar-refractivity contribution is -0.122. The van der Waals surface area contributed by atoms with Crippen molar-refractivity contribution < 1.29 is 19.0 Å². The zero-order valence-corrected chi connectivity index (χ0v) is 12.0. The molecule has 1 heterocycles. The van der Waals surface area contributed by atoms with Gasteiger partial charge < -0.3 is 14.2 Å². The first-order valence-electron chi connectivity index (χ1n) is 6.70. The van der Waals surface area contributed by atoms with E-state index in [9.17, 15) is 4.79 Å². The zero-order chi connectivity index (χ0) is 14.8. The molecule has 1 atom stereocenters. The SMILES string of the molecule is COc1ccc(C2C(=O)COc3cc(OC)ccc32)cc1. The van der Waals surface area contributed by atoms with Gasteiger partial charge in [-0.15, -0.1) is 0 Å². The molecular weight excluding hydrogens is 268 g/mol. The maximum atomic E-state index is 12.3. The average molecular weight is 284 g/mol. The monoisotopic (exact) mass is 284 g/mol. The van der Waals surface area contributed by atoms with Gasteiger partial charge in [0.1, 0.15) is 23.9 Å². The quantitative estimate of drug-likeness (QED) is 0.869. The van der Waals surface area contributed by atoms with Crippen LogP contribution in [0.4, 0.5) is 0 Å². The van der Waals surface area contributed by atoms with Crippen molar-refractivity contribution >= 4 is 5.78 Å². The summed E-state index contributed by atoms with van der Waals surface area (Å²) in [5, 5.41) is 0. The van der Waals surface area contributed by atoms with E-state index in [-0.39, 0.29) is 18.3 Å². The highest BCUT2D eigenvalue weighted by atomic mass is 16.5. The van der Waals surface area contributed by atoms with Crippen molar-refractivity contribution in [2.75, 3.05) is 20.8 Å². The smallest absolute Gasteiger partial charge is 0.182 e. The molecular formula is C17H16O4. The third-order valence-corrected chi connectivity index (χ3v) is 3.67. The number of ether oxygens (including phenoxy) is 3. The van der Waals surface area contributed by atoms with Crippen LogP contribution in [0.5, 0.6) is 17.2 Å². The van der Waals surface area contributed by atoms with Crippen molar-refractivity contribution in [3.05, 3.63) is 53.6 Å². The fourth-order valence-electron chi connectivity index (χ4n) is 2.57. The van der Waals surface area contributed by atoms with Crippen LogP contribution in [0.3, 0.4) is 0 Å². The second-order valence-corrected chi connectivity index (χ2v) is 4.86. The molecule has 1 aliphatic heterocycles. The summed E-state index contributed by atoms with van der Waals surface area (Å²) < 4.78 is 15.9. The first-order chi connectivity index (χ1) is 10.2. The minimum Gasteiger partial charge on any atom is -0.497 e. The van der Waals surface area contributed by atoms with Gasteiger partial charge in [-0.1, -0.05) is 18.2 Å². The normalized spacial score (nSPS) is 16.9. The number of hydrogen-bond donors (Lipinski definition) is 0. The predicted molar refractivity (Wildman–Crippen MR) is 78.3 cm³/mol. The molecule has 0 saturated heterocycles. The van der Waals surface area contributed by atoms with Gasteiger partial charge in [-0.25, -0.2) is 0 Å². The molecule has 21 heavy (non-hydrogen) atoms. The number of fused-ring (bicyclic) bond motifs is 1. The van der Waals surface area contributed by atoms with Gasteiger partial charge in [-0.05, 0) is 23.8 Å². The van der Waals surface area contributed by atoms with Gasteiger partial charge in [0.2, 0.25) is 0 Å². The van der Waals surface area contributed by atoms with E-state index < -0.39 is 0 Å². The van der Waals surface area contributed by atoms with E-state index in [0.717, 1.165) is 22.6 Å². The Morgan fingerprint density at radius 1 is 1.00 bits per heavy atom. The Bertz CT molecular complexity index is 661. The molecule has 1 unspecified atom stereocenters. The van der Waals surface area contributed by atoms with Crippen LogP contribution < -0.4 is 14.2 Å². The summed E-state index contributed by atoms with van der Waals surface area (Å²) in [4.78, 5) is 12.3. The second-order valence-electron chi connectivity index (χ2n) is 4.86. The molecule has 0 aliphatic carbocycles. The van der Waals surface area contributed by atoms with Gasteiger partial charge >= 0.3 is 0 Å². The summed E-state index contributed by atoms with van der Waals surface area (Å²) in [5.74, 6) is 1.95. The standard InChI is InChI=1S/C17H16O4/c1-19-12-5-3-11(4-6-12)17-14-8-7-13(20-2)9-16(14)21-10-15(17)18/h3-9,17H,10H2,1-2H3.